The van der Waals surface area contributed by atoms with Gasteiger partial charge in [0.1, 0.15) is 17.4 Å². The molecule has 1 aliphatic heterocycles. The number of ether oxygens (including phenoxy) is 3. The number of carbonyl (C=O) groups excluding carboxylic acids is 1. The Morgan fingerprint density at radius 2 is 2.04 bits per heavy atom. The van der Waals surface area contributed by atoms with E-state index in [1.54, 1.807) is 20.8 Å². The first-order valence-electron chi connectivity index (χ1n) is 8.32. The molecule has 27 heavy (non-hydrogen) atoms. The van der Waals surface area contributed by atoms with Crippen molar-refractivity contribution in [3.8, 4) is 5.88 Å². The summed E-state index contributed by atoms with van der Waals surface area (Å²) in [5, 5.41) is 11.9. The van der Waals surface area contributed by atoms with E-state index in [4.69, 9.17) is 14.2 Å². The van der Waals surface area contributed by atoms with Crippen LogP contribution in [0.25, 0.3) is 0 Å². The lowest BCUT2D eigenvalue weighted by atomic mass is 10.0. The van der Waals surface area contributed by atoms with Crippen LogP contribution in [0, 0.1) is 0 Å². The van der Waals surface area contributed by atoms with Crippen molar-refractivity contribution in [1.29, 1.82) is 0 Å². The van der Waals surface area contributed by atoms with Crippen molar-refractivity contribution in [2.75, 3.05) is 13.7 Å². The maximum atomic E-state index is 12.9. The van der Waals surface area contributed by atoms with Crippen molar-refractivity contribution in [2.45, 2.75) is 57.2 Å². The lowest BCUT2D eigenvalue weighted by Crippen LogP contribution is -2.40. The number of nitrogens with one attached hydrogen (secondary N) is 1. The second-order valence-electron chi connectivity index (χ2n) is 7.14. The highest BCUT2D eigenvalue weighted by Crippen LogP contribution is 2.40. The second kappa shape index (κ2) is 7.89. The third-order valence-electron chi connectivity index (χ3n) is 3.85. The van der Waals surface area contributed by atoms with E-state index >= 15 is 0 Å². The number of halogens is 3. The molecule has 1 aromatic rings. The smallest absolute Gasteiger partial charge is 0.433 e. The van der Waals surface area contributed by atoms with Crippen LogP contribution in [0.3, 0.4) is 0 Å². The van der Waals surface area contributed by atoms with Crippen molar-refractivity contribution < 1.29 is 37.3 Å². The number of aromatic nitrogens is 1. The van der Waals surface area contributed by atoms with Gasteiger partial charge in [0, 0.05) is 19.1 Å². The largest absolute Gasteiger partial charge is 0.471 e. The van der Waals surface area contributed by atoms with Crippen molar-refractivity contribution in [3.05, 3.63) is 23.4 Å². The van der Waals surface area contributed by atoms with Gasteiger partial charge in [-0.05, 0) is 32.9 Å². The Bertz CT molecular complexity index is 672. The van der Waals surface area contributed by atoms with Gasteiger partial charge in [0.25, 0.3) is 0 Å². The minimum atomic E-state index is -4.62. The summed E-state index contributed by atoms with van der Waals surface area (Å²) in [4.78, 5) is 15.7. The molecule has 1 aromatic heterocycles. The molecule has 0 bridgehead atoms. The van der Waals surface area contributed by atoms with Crippen molar-refractivity contribution >= 4 is 6.09 Å². The van der Waals surface area contributed by atoms with Gasteiger partial charge in [-0.25, -0.2) is 9.78 Å². The fraction of sp³-hybridized carbons (Fsp3) is 0.647. The fourth-order valence-electron chi connectivity index (χ4n) is 2.65. The maximum Gasteiger partial charge on any atom is 0.433 e. The number of aliphatic hydroxyl groups is 1. The molecule has 2 heterocycles. The van der Waals surface area contributed by atoms with E-state index < -0.39 is 41.8 Å². The molecule has 0 aliphatic carbocycles. The minimum Gasteiger partial charge on any atom is -0.471 e. The molecule has 1 aliphatic rings. The second-order valence-corrected chi connectivity index (χ2v) is 7.14. The van der Waals surface area contributed by atoms with E-state index in [1.165, 1.54) is 13.2 Å². The van der Waals surface area contributed by atoms with E-state index in [0.717, 1.165) is 6.07 Å². The number of alkyl carbamates (subject to hydrolysis) is 1. The monoisotopic (exact) mass is 392 g/mol. The first kappa shape index (κ1) is 21.2. The molecule has 2 N–H and O–H groups in total. The number of hydrogen-bond donors (Lipinski definition) is 2. The van der Waals surface area contributed by atoms with E-state index in [-0.39, 0.29) is 18.9 Å². The highest BCUT2D eigenvalue weighted by Gasteiger charge is 2.41. The average Bonchev–Trinajstić information content (AvgIpc) is 2.86. The third kappa shape index (κ3) is 5.46. The number of hydrogen-bond acceptors (Lipinski definition) is 6. The Morgan fingerprint density at radius 3 is 2.56 bits per heavy atom. The summed E-state index contributed by atoms with van der Waals surface area (Å²) >= 11 is 0. The van der Waals surface area contributed by atoms with Crippen molar-refractivity contribution in [3.63, 3.8) is 0 Å². The van der Waals surface area contributed by atoms with Gasteiger partial charge in [0.15, 0.2) is 0 Å². The van der Waals surface area contributed by atoms with Crippen LogP contribution >= 0.6 is 0 Å². The lowest BCUT2D eigenvalue weighted by molar-refractivity contribution is -0.141. The molecule has 0 fully saturated rings. The van der Waals surface area contributed by atoms with Gasteiger partial charge in [-0.2, -0.15) is 13.2 Å². The summed E-state index contributed by atoms with van der Waals surface area (Å²) in [6, 6.07) is 1.25. The minimum absolute atomic E-state index is 0.130. The average molecular weight is 392 g/mol. The van der Waals surface area contributed by atoms with Crippen LogP contribution in [-0.2, 0) is 15.7 Å². The summed E-state index contributed by atoms with van der Waals surface area (Å²) in [6.45, 7) is 4.75. The van der Waals surface area contributed by atoms with Gasteiger partial charge in [-0.15, -0.1) is 0 Å². The normalized spacial score (nSPS) is 20.6. The molecule has 0 unspecified atom stereocenters. The zero-order valence-corrected chi connectivity index (χ0v) is 15.5. The van der Waals surface area contributed by atoms with Crippen molar-refractivity contribution in [2.24, 2.45) is 0 Å². The van der Waals surface area contributed by atoms with Gasteiger partial charge in [0.2, 0.25) is 5.88 Å². The summed E-state index contributed by atoms with van der Waals surface area (Å²) in [6.07, 6.45) is -6.63. The number of nitrogens with zero attached hydrogens (tertiary/aromatic N) is 1. The maximum absolute atomic E-state index is 12.9. The van der Waals surface area contributed by atoms with Crippen LogP contribution < -0.4 is 10.1 Å². The van der Waals surface area contributed by atoms with Gasteiger partial charge in [-0.3, -0.25) is 0 Å². The highest BCUT2D eigenvalue weighted by molar-refractivity contribution is 5.69. The molecule has 3 atom stereocenters. The Balaban J connectivity index is 2.29. The Labute approximate surface area is 154 Å². The predicted molar refractivity (Wildman–Crippen MR) is 88.3 cm³/mol. The number of aliphatic hydroxyl groups excluding tert-OH is 1. The number of alkyl halides is 3. The topological polar surface area (TPSA) is 89.9 Å². The molecule has 7 nitrogen and oxygen atoms in total. The summed E-state index contributed by atoms with van der Waals surface area (Å²) in [7, 11) is 1.39. The SMILES string of the molecule is CO[C@@H](CO)C[C@H]1Oc2nc(C(F)(F)F)ccc2[C@H]1NC(=O)OC(C)(C)C. The van der Waals surface area contributed by atoms with E-state index in [0.29, 0.717) is 5.56 Å². The molecule has 0 spiro atoms. The Morgan fingerprint density at radius 1 is 1.37 bits per heavy atom. The zero-order chi connectivity index (χ0) is 20.4. The van der Waals surface area contributed by atoms with Crippen LogP contribution in [0.2, 0.25) is 0 Å². The fourth-order valence-corrected chi connectivity index (χ4v) is 2.65. The molecule has 0 aromatic carbocycles. The van der Waals surface area contributed by atoms with Gasteiger partial charge < -0.3 is 24.6 Å². The van der Waals surface area contributed by atoms with E-state index in [9.17, 15) is 23.1 Å². The predicted octanol–water partition coefficient (Wildman–Crippen LogP) is 2.82. The van der Waals surface area contributed by atoms with Crippen LogP contribution in [-0.4, -0.2) is 47.7 Å². The van der Waals surface area contributed by atoms with Crippen LogP contribution in [0.5, 0.6) is 5.88 Å². The molecular weight excluding hydrogens is 369 g/mol. The van der Waals surface area contributed by atoms with Crippen molar-refractivity contribution in [1.82, 2.24) is 10.3 Å². The van der Waals surface area contributed by atoms with Gasteiger partial charge >= 0.3 is 12.3 Å². The lowest BCUT2D eigenvalue weighted by Gasteiger charge is -2.25. The molecule has 1 amide bonds. The molecule has 152 valence electrons. The molecule has 0 radical (unpaired) electrons. The van der Waals surface area contributed by atoms with E-state index in [1.807, 2.05) is 0 Å². The first-order valence-corrected chi connectivity index (χ1v) is 8.32. The standard InChI is InChI=1S/C17H23F3N2O5/c1-16(2,3)27-15(24)22-13-10-5-6-12(17(18,19)20)21-14(10)26-11(13)7-9(8-23)25-4/h5-6,9,11,13,23H,7-8H2,1-4H3,(H,22,24)/t9-,11-,13-/m1/s1. The number of carbonyl (C=O) groups is 1. The summed E-state index contributed by atoms with van der Waals surface area (Å²) in [5.74, 6) is -0.219. The third-order valence-corrected chi connectivity index (χ3v) is 3.85. The summed E-state index contributed by atoms with van der Waals surface area (Å²) < 4.78 is 54.6. The van der Waals surface area contributed by atoms with Crippen LogP contribution in [0.15, 0.2) is 12.1 Å². The Kier molecular flexibility index (Phi) is 6.21. The molecule has 10 heteroatoms. The molecular formula is C17H23F3N2O5. The number of fused-ring (bicyclic) bond motifs is 1. The van der Waals surface area contributed by atoms with E-state index in [2.05, 4.69) is 10.3 Å². The quantitative estimate of drug-likeness (QED) is 0.801. The zero-order valence-electron chi connectivity index (χ0n) is 15.5. The number of rotatable bonds is 5. The number of pyridine rings is 1. The number of amides is 1. The summed E-state index contributed by atoms with van der Waals surface area (Å²) in [5.41, 5.74) is -1.55. The molecule has 2 rings (SSSR count). The van der Waals surface area contributed by atoms with Gasteiger partial charge in [-0.1, -0.05) is 0 Å². The van der Waals surface area contributed by atoms with Crippen LogP contribution in [0.1, 0.15) is 44.5 Å². The van der Waals surface area contributed by atoms with Crippen LogP contribution in [0.4, 0.5) is 18.0 Å². The van der Waals surface area contributed by atoms with Gasteiger partial charge in [0.05, 0.1) is 18.8 Å². The molecule has 0 saturated carbocycles. The Hall–Kier alpha value is -2.07. The highest BCUT2D eigenvalue weighted by atomic mass is 19.4. The number of methoxy groups -OCH3 is 1. The molecule has 0 saturated heterocycles. The first-order chi connectivity index (χ1) is 12.4.